The van der Waals surface area contributed by atoms with Crippen molar-refractivity contribution in [2.75, 3.05) is 5.32 Å². The number of hydrogen-bond donors (Lipinski definition) is 1. The normalized spacial score (nSPS) is 11.2. The summed E-state index contributed by atoms with van der Waals surface area (Å²) in [6, 6.07) is 7.61. The van der Waals surface area contributed by atoms with E-state index < -0.39 is 29.8 Å². The molecule has 2 rings (SSSR count). The predicted octanol–water partition coefficient (Wildman–Crippen LogP) is 2.71. The molecule has 0 saturated carbocycles. The van der Waals surface area contributed by atoms with Gasteiger partial charge in [0.2, 0.25) is 5.91 Å². The smallest absolute Gasteiger partial charge is 0.324 e. The molecule has 0 atom stereocenters. The first kappa shape index (κ1) is 17.5. The maximum absolute atomic E-state index is 12.7. The molecule has 0 bridgehead atoms. The highest BCUT2D eigenvalue weighted by Gasteiger charge is 2.31. The van der Waals surface area contributed by atoms with Gasteiger partial charge in [-0.1, -0.05) is 12.1 Å². The number of aromatic nitrogens is 1. The first-order valence-corrected chi connectivity index (χ1v) is 6.86. The van der Waals surface area contributed by atoms with E-state index in [2.05, 4.69) is 5.32 Å². The summed E-state index contributed by atoms with van der Waals surface area (Å²) in [7, 11) is 0. The first-order valence-electron chi connectivity index (χ1n) is 6.86. The van der Waals surface area contributed by atoms with Crippen LogP contribution in [0.2, 0.25) is 0 Å². The van der Waals surface area contributed by atoms with Gasteiger partial charge >= 0.3 is 6.18 Å². The van der Waals surface area contributed by atoms with Gasteiger partial charge in [0.1, 0.15) is 6.54 Å². The molecule has 8 heteroatoms. The van der Waals surface area contributed by atoms with Crippen LogP contribution in [-0.2, 0) is 17.5 Å². The minimum absolute atomic E-state index is 0.232. The van der Waals surface area contributed by atoms with E-state index >= 15 is 0 Å². The number of halogens is 3. The van der Waals surface area contributed by atoms with Crippen molar-refractivity contribution in [1.29, 1.82) is 0 Å². The zero-order valence-corrected chi connectivity index (χ0v) is 12.6. The number of anilines is 1. The second-order valence-corrected chi connectivity index (χ2v) is 5.03. The Hall–Kier alpha value is -2.90. The summed E-state index contributed by atoms with van der Waals surface area (Å²) < 4.78 is 38.7. The van der Waals surface area contributed by atoms with Gasteiger partial charge in [0.25, 0.3) is 5.56 Å². The summed E-state index contributed by atoms with van der Waals surface area (Å²) in [6.07, 6.45) is -4.04. The van der Waals surface area contributed by atoms with E-state index in [4.69, 9.17) is 0 Å². The highest BCUT2D eigenvalue weighted by molar-refractivity contribution is 6.03. The van der Waals surface area contributed by atoms with Crippen LogP contribution in [0.5, 0.6) is 0 Å². The van der Waals surface area contributed by atoms with Gasteiger partial charge in [-0.25, -0.2) is 0 Å². The van der Waals surface area contributed by atoms with Crippen molar-refractivity contribution in [1.82, 2.24) is 4.57 Å². The molecular formula is C16H13F3N2O3. The number of para-hydroxylation sites is 1. The largest absolute Gasteiger partial charge is 0.417 e. The van der Waals surface area contributed by atoms with Gasteiger partial charge in [-0.2, -0.15) is 13.2 Å². The molecule has 0 radical (unpaired) electrons. The average Bonchev–Trinajstić information content (AvgIpc) is 2.48. The third-order valence-electron chi connectivity index (χ3n) is 3.21. The number of nitrogens with one attached hydrogen (secondary N) is 1. The molecule has 2 aromatic rings. The summed E-state index contributed by atoms with van der Waals surface area (Å²) >= 11 is 0. The number of carbonyl (C=O) groups is 2. The van der Waals surface area contributed by atoms with E-state index in [-0.39, 0.29) is 17.0 Å². The fraction of sp³-hybridized carbons (Fsp3) is 0.188. The Balaban J connectivity index is 2.22. The monoisotopic (exact) mass is 338 g/mol. The van der Waals surface area contributed by atoms with E-state index in [0.717, 1.165) is 6.07 Å². The molecule has 1 aromatic carbocycles. The maximum Gasteiger partial charge on any atom is 0.417 e. The van der Waals surface area contributed by atoms with E-state index in [9.17, 15) is 27.6 Å². The second-order valence-electron chi connectivity index (χ2n) is 5.03. The Bertz CT molecular complexity index is 841. The zero-order chi connectivity index (χ0) is 17.9. The van der Waals surface area contributed by atoms with Crippen LogP contribution in [0.25, 0.3) is 0 Å². The standard InChI is InChI=1S/C16H13F3N2O3/c1-10(22)12-4-2-3-5-13(12)20-14(23)9-21-8-11(16(17,18)19)6-7-15(21)24/h2-8H,9H2,1H3,(H,20,23). The number of pyridine rings is 1. The van der Waals surface area contributed by atoms with Crippen LogP contribution < -0.4 is 10.9 Å². The molecular weight excluding hydrogens is 325 g/mol. The number of rotatable bonds is 4. The van der Waals surface area contributed by atoms with Crippen molar-refractivity contribution in [2.24, 2.45) is 0 Å². The summed E-state index contributed by atoms with van der Waals surface area (Å²) in [4.78, 5) is 35.1. The van der Waals surface area contributed by atoms with Crippen LogP contribution in [0.1, 0.15) is 22.8 Å². The van der Waals surface area contributed by atoms with Crippen LogP contribution in [0.3, 0.4) is 0 Å². The Morgan fingerprint density at radius 1 is 1.12 bits per heavy atom. The summed E-state index contributed by atoms with van der Waals surface area (Å²) in [5, 5.41) is 2.43. The molecule has 1 aromatic heterocycles. The molecule has 0 aliphatic carbocycles. The first-order chi connectivity index (χ1) is 11.2. The van der Waals surface area contributed by atoms with Crippen molar-refractivity contribution in [3.8, 4) is 0 Å². The molecule has 24 heavy (non-hydrogen) atoms. The molecule has 1 amide bonds. The number of nitrogens with zero attached hydrogens (tertiary/aromatic N) is 1. The quantitative estimate of drug-likeness (QED) is 0.872. The molecule has 0 unspecified atom stereocenters. The molecule has 0 aliphatic rings. The van der Waals surface area contributed by atoms with Gasteiger partial charge in [0, 0.05) is 17.8 Å². The molecule has 1 heterocycles. The summed E-state index contributed by atoms with van der Waals surface area (Å²) in [6.45, 7) is 0.720. The van der Waals surface area contributed by atoms with Crippen molar-refractivity contribution >= 4 is 17.4 Å². The highest BCUT2D eigenvalue weighted by Crippen LogP contribution is 2.28. The summed E-state index contributed by atoms with van der Waals surface area (Å²) in [5.41, 5.74) is -1.27. The van der Waals surface area contributed by atoms with Crippen molar-refractivity contribution < 1.29 is 22.8 Å². The number of hydrogen-bond acceptors (Lipinski definition) is 3. The molecule has 1 N–H and O–H groups in total. The van der Waals surface area contributed by atoms with Crippen molar-refractivity contribution in [3.05, 3.63) is 64.1 Å². The van der Waals surface area contributed by atoms with Gasteiger partial charge in [-0.05, 0) is 25.1 Å². The number of alkyl halides is 3. The topological polar surface area (TPSA) is 68.2 Å². The number of Topliss-reactive ketones (excluding diaryl/α,β-unsaturated/α-hetero) is 1. The number of benzene rings is 1. The Labute approximate surface area is 134 Å². The van der Waals surface area contributed by atoms with Crippen molar-refractivity contribution in [3.63, 3.8) is 0 Å². The lowest BCUT2D eigenvalue weighted by Crippen LogP contribution is -2.28. The van der Waals surface area contributed by atoms with Gasteiger partial charge in [-0.3, -0.25) is 14.4 Å². The van der Waals surface area contributed by atoms with Gasteiger partial charge in [0.05, 0.1) is 11.3 Å². The van der Waals surface area contributed by atoms with E-state index in [1.54, 1.807) is 12.1 Å². The van der Waals surface area contributed by atoms with E-state index in [1.165, 1.54) is 19.1 Å². The molecule has 0 fully saturated rings. The molecule has 0 spiro atoms. The second kappa shape index (κ2) is 6.69. The average molecular weight is 338 g/mol. The van der Waals surface area contributed by atoms with Gasteiger partial charge in [0.15, 0.2) is 5.78 Å². The highest BCUT2D eigenvalue weighted by atomic mass is 19.4. The van der Waals surface area contributed by atoms with Crippen LogP contribution in [-0.4, -0.2) is 16.3 Å². The Morgan fingerprint density at radius 2 is 1.79 bits per heavy atom. The lowest BCUT2D eigenvalue weighted by atomic mass is 10.1. The SMILES string of the molecule is CC(=O)c1ccccc1NC(=O)Cn1cc(C(F)(F)F)ccc1=O. The molecule has 5 nitrogen and oxygen atoms in total. The Kier molecular flexibility index (Phi) is 4.87. The number of amides is 1. The van der Waals surface area contributed by atoms with Gasteiger partial charge < -0.3 is 9.88 Å². The van der Waals surface area contributed by atoms with Crippen LogP contribution in [0, 0.1) is 0 Å². The van der Waals surface area contributed by atoms with Crippen LogP contribution in [0.15, 0.2) is 47.4 Å². The predicted molar refractivity (Wildman–Crippen MR) is 80.8 cm³/mol. The third kappa shape index (κ3) is 4.09. The lowest BCUT2D eigenvalue weighted by Gasteiger charge is -2.12. The molecule has 0 saturated heterocycles. The third-order valence-corrected chi connectivity index (χ3v) is 3.21. The van der Waals surface area contributed by atoms with Crippen LogP contribution in [0.4, 0.5) is 18.9 Å². The fourth-order valence-corrected chi connectivity index (χ4v) is 2.07. The van der Waals surface area contributed by atoms with E-state index in [0.29, 0.717) is 16.8 Å². The molecule has 126 valence electrons. The van der Waals surface area contributed by atoms with Crippen LogP contribution >= 0.6 is 0 Å². The van der Waals surface area contributed by atoms with Gasteiger partial charge in [-0.15, -0.1) is 0 Å². The lowest BCUT2D eigenvalue weighted by molar-refractivity contribution is -0.138. The Morgan fingerprint density at radius 3 is 2.42 bits per heavy atom. The van der Waals surface area contributed by atoms with E-state index in [1.807, 2.05) is 0 Å². The number of ketones is 1. The molecule has 0 aliphatic heterocycles. The zero-order valence-electron chi connectivity index (χ0n) is 12.6. The fourth-order valence-electron chi connectivity index (χ4n) is 2.07. The van der Waals surface area contributed by atoms with Crippen molar-refractivity contribution in [2.45, 2.75) is 19.6 Å². The minimum Gasteiger partial charge on any atom is -0.324 e. The summed E-state index contributed by atoms with van der Waals surface area (Å²) in [5.74, 6) is -0.993. The maximum atomic E-state index is 12.7. The minimum atomic E-state index is -4.62. The number of carbonyl (C=O) groups excluding carboxylic acids is 2.